The molecule has 0 aliphatic rings. The number of oxazole rings is 1. The van der Waals surface area contributed by atoms with Crippen molar-refractivity contribution in [3.63, 3.8) is 0 Å². The van der Waals surface area contributed by atoms with Gasteiger partial charge in [-0.25, -0.2) is 15.0 Å². The summed E-state index contributed by atoms with van der Waals surface area (Å²) in [5, 5.41) is 2.78. The highest BCUT2D eigenvalue weighted by molar-refractivity contribution is 5.97. The number of nitrogens with one attached hydrogen (secondary N) is 1. The molecule has 2 aromatic heterocycles. The molecule has 1 N–H and O–H groups in total. The van der Waals surface area contributed by atoms with Crippen molar-refractivity contribution < 1.29 is 9.21 Å². The van der Waals surface area contributed by atoms with E-state index in [0.717, 1.165) is 22.7 Å². The van der Waals surface area contributed by atoms with Gasteiger partial charge in [0.25, 0.3) is 5.91 Å². The van der Waals surface area contributed by atoms with Crippen LogP contribution in [0.1, 0.15) is 33.4 Å². The first-order chi connectivity index (χ1) is 10.5. The highest BCUT2D eigenvalue weighted by Crippen LogP contribution is 2.14. The maximum atomic E-state index is 12.2. The molecule has 1 aromatic carbocycles. The number of carbonyl (C=O) groups excluding carboxylic acids is 1. The average Bonchev–Trinajstić information content (AvgIpc) is 2.91. The molecular weight excluding hydrogens is 280 g/mol. The number of carbonyl (C=O) groups is 1. The number of aromatic nitrogens is 3. The van der Waals surface area contributed by atoms with E-state index in [1.807, 2.05) is 20.8 Å². The quantitative estimate of drug-likeness (QED) is 0.803. The first-order valence-electron chi connectivity index (χ1n) is 6.97. The topological polar surface area (TPSA) is 80.9 Å². The van der Waals surface area contributed by atoms with Gasteiger partial charge in [-0.05, 0) is 39.0 Å². The highest BCUT2D eigenvalue weighted by atomic mass is 16.4. The third kappa shape index (κ3) is 2.81. The molecule has 0 aliphatic heterocycles. The van der Waals surface area contributed by atoms with Crippen molar-refractivity contribution in [2.75, 3.05) is 0 Å². The number of hydrogen-bond acceptors (Lipinski definition) is 5. The second-order valence-corrected chi connectivity index (χ2v) is 5.15. The summed E-state index contributed by atoms with van der Waals surface area (Å²) in [6, 6.07) is 5.28. The molecule has 0 bridgehead atoms. The van der Waals surface area contributed by atoms with Gasteiger partial charge in [0.2, 0.25) is 5.89 Å². The lowest BCUT2D eigenvalue weighted by molar-refractivity contribution is 0.0947. The molecule has 0 atom stereocenters. The lowest BCUT2D eigenvalue weighted by Gasteiger charge is -2.06. The zero-order valence-corrected chi connectivity index (χ0v) is 12.7. The third-order valence-electron chi connectivity index (χ3n) is 3.41. The van der Waals surface area contributed by atoms with Crippen molar-refractivity contribution in [3.05, 3.63) is 53.0 Å². The van der Waals surface area contributed by atoms with Crippen molar-refractivity contribution in [2.45, 2.75) is 27.3 Å². The van der Waals surface area contributed by atoms with Crippen LogP contribution in [0.2, 0.25) is 0 Å². The number of benzene rings is 1. The molecule has 22 heavy (non-hydrogen) atoms. The number of aryl methyl sites for hydroxylation is 3. The van der Waals surface area contributed by atoms with Crippen molar-refractivity contribution in [1.29, 1.82) is 0 Å². The first kappa shape index (κ1) is 14.2. The maximum absolute atomic E-state index is 12.2. The molecule has 0 radical (unpaired) electrons. The van der Waals surface area contributed by atoms with Gasteiger partial charge in [-0.2, -0.15) is 0 Å². The Balaban J connectivity index is 1.80. The number of rotatable bonds is 3. The van der Waals surface area contributed by atoms with Crippen LogP contribution < -0.4 is 5.32 Å². The molecule has 0 unspecified atom stereocenters. The molecule has 0 saturated carbocycles. The van der Waals surface area contributed by atoms with Crippen LogP contribution in [0.25, 0.3) is 11.0 Å². The molecule has 1 amide bonds. The van der Waals surface area contributed by atoms with E-state index in [4.69, 9.17) is 4.42 Å². The Bertz CT molecular complexity index is 854. The second kappa shape index (κ2) is 5.55. The normalized spacial score (nSPS) is 10.9. The first-order valence-corrected chi connectivity index (χ1v) is 6.97. The van der Waals surface area contributed by atoms with Crippen LogP contribution >= 0.6 is 0 Å². The molecule has 0 fully saturated rings. The van der Waals surface area contributed by atoms with E-state index in [9.17, 15) is 4.79 Å². The molecule has 2 heterocycles. The minimum atomic E-state index is -0.196. The zero-order chi connectivity index (χ0) is 15.7. The van der Waals surface area contributed by atoms with Gasteiger partial charge in [0, 0.05) is 5.56 Å². The van der Waals surface area contributed by atoms with E-state index in [-0.39, 0.29) is 12.5 Å². The van der Waals surface area contributed by atoms with Crippen molar-refractivity contribution in [3.8, 4) is 0 Å². The average molecular weight is 296 g/mol. The largest absolute Gasteiger partial charge is 0.444 e. The summed E-state index contributed by atoms with van der Waals surface area (Å²) in [5.41, 5.74) is 3.78. The lowest BCUT2D eigenvalue weighted by Crippen LogP contribution is -2.22. The van der Waals surface area contributed by atoms with Gasteiger partial charge in [-0.3, -0.25) is 4.79 Å². The Morgan fingerprint density at radius 2 is 1.86 bits per heavy atom. The summed E-state index contributed by atoms with van der Waals surface area (Å²) in [5.74, 6) is 1.01. The predicted molar refractivity (Wildman–Crippen MR) is 81.4 cm³/mol. The fourth-order valence-electron chi connectivity index (χ4n) is 2.11. The fraction of sp³-hybridized carbons (Fsp3) is 0.250. The Morgan fingerprint density at radius 3 is 2.55 bits per heavy atom. The molecule has 0 saturated heterocycles. The van der Waals surface area contributed by atoms with E-state index in [1.54, 1.807) is 24.4 Å². The summed E-state index contributed by atoms with van der Waals surface area (Å²) >= 11 is 0. The van der Waals surface area contributed by atoms with Crippen molar-refractivity contribution >= 4 is 16.9 Å². The molecule has 0 aliphatic carbocycles. The number of hydrogen-bond donors (Lipinski definition) is 1. The van der Waals surface area contributed by atoms with Crippen molar-refractivity contribution in [2.24, 2.45) is 0 Å². The van der Waals surface area contributed by atoms with Gasteiger partial charge in [0.05, 0.1) is 35.2 Å². The van der Waals surface area contributed by atoms with Gasteiger partial charge in [0.1, 0.15) is 5.76 Å². The SMILES string of the molecule is Cc1cnc(CNC(=O)c2ccc3nc(C)c(C)nc3c2)o1. The Labute approximate surface area is 127 Å². The van der Waals surface area contributed by atoms with Crippen LogP contribution in [0.4, 0.5) is 0 Å². The minimum Gasteiger partial charge on any atom is -0.444 e. The van der Waals surface area contributed by atoms with Crippen LogP contribution in [0.5, 0.6) is 0 Å². The van der Waals surface area contributed by atoms with Gasteiger partial charge in [-0.1, -0.05) is 0 Å². The number of fused-ring (bicyclic) bond motifs is 1. The summed E-state index contributed by atoms with van der Waals surface area (Å²) in [6.45, 7) is 5.88. The van der Waals surface area contributed by atoms with Gasteiger partial charge < -0.3 is 9.73 Å². The standard InChI is InChI=1S/C16H16N4O2/c1-9-7-17-15(22-9)8-18-16(21)12-4-5-13-14(6-12)20-11(3)10(2)19-13/h4-7H,8H2,1-3H3,(H,18,21). The summed E-state index contributed by atoms with van der Waals surface area (Å²) in [6.07, 6.45) is 1.62. The Kier molecular flexibility index (Phi) is 3.58. The van der Waals surface area contributed by atoms with Crippen LogP contribution in [0.15, 0.2) is 28.8 Å². The Hall–Kier alpha value is -2.76. The van der Waals surface area contributed by atoms with E-state index in [0.29, 0.717) is 17.0 Å². The lowest BCUT2D eigenvalue weighted by atomic mass is 10.1. The van der Waals surface area contributed by atoms with E-state index < -0.39 is 0 Å². The van der Waals surface area contributed by atoms with Crippen LogP contribution in [0, 0.1) is 20.8 Å². The van der Waals surface area contributed by atoms with Crippen LogP contribution in [-0.2, 0) is 6.54 Å². The van der Waals surface area contributed by atoms with Gasteiger partial charge >= 0.3 is 0 Å². The molecule has 6 nitrogen and oxygen atoms in total. The molecule has 112 valence electrons. The third-order valence-corrected chi connectivity index (χ3v) is 3.41. The molecule has 3 aromatic rings. The smallest absolute Gasteiger partial charge is 0.251 e. The molecule has 0 spiro atoms. The van der Waals surface area contributed by atoms with Crippen LogP contribution in [-0.4, -0.2) is 20.9 Å². The van der Waals surface area contributed by atoms with E-state index in [2.05, 4.69) is 20.3 Å². The number of amides is 1. The van der Waals surface area contributed by atoms with Crippen molar-refractivity contribution in [1.82, 2.24) is 20.3 Å². The molecule has 6 heteroatoms. The highest BCUT2D eigenvalue weighted by Gasteiger charge is 2.10. The van der Waals surface area contributed by atoms with E-state index >= 15 is 0 Å². The monoisotopic (exact) mass is 296 g/mol. The van der Waals surface area contributed by atoms with Gasteiger partial charge in [0.15, 0.2) is 0 Å². The number of nitrogens with zero attached hydrogens (tertiary/aromatic N) is 3. The predicted octanol–water partition coefficient (Wildman–Crippen LogP) is 2.47. The Morgan fingerprint density at radius 1 is 1.14 bits per heavy atom. The van der Waals surface area contributed by atoms with E-state index in [1.165, 1.54) is 0 Å². The maximum Gasteiger partial charge on any atom is 0.251 e. The summed E-state index contributed by atoms with van der Waals surface area (Å²) in [4.78, 5) is 25.2. The molecule has 3 rings (SSSR count). The molecular formula is C16H16N4O2. The van der Waals surface area contributed by atoms with Crippen LogP contribution in [0.3, 0.4) is 0 Å². The summed E-state index contributed by atoms with van der Waals surface area (Å²) < 4.78 is 5.32. The second-order valence-electron chi connectivity index (χ2n) is 5.15. The fourth-order valence-corrected chi connectivity index (χ4v) is 2.11. The van der Waals surface area contributed by atoms with Gasteiger partial charge in [-0.15, -0.1) is 0 Å². The minimum absolute atomic E-state index is 0.196. The zero-order valence-electron chi connectivity index (χ0n) is 12.7. The summed E-state index contributed by atoms with van der Waals surface area (Å²) in [7, 11) is 0.